The van der Waals surface area contributed by atoms with Crippen molar-refractivity contribution in [3.05, 3.63) is 34.9 Å². The fourth-order valence-corrected chi connectivity index (χ4v) is 3.75. The normalized spacial score (nSPS) is 23.0. The molecule has 6 heteroatoms. The molecule has 0 aliphatic carbocycles. The Labute approximate surface area is 155 Å². The lowest BCUT2D eigenvalue weighted by atomic mass is 9.95. The maximum Gasteiger partial charge on any atom is 0.253 e. The molecular formula is C19H28ClN3O2. The van der Waals surface area contributed by atoms with E-state index in [0.717, 1.165) is 55.6 Å². The highest BCUT2D eigenvalue weighted by molar-refractivity contribution is 5.95. The number of hydrogen-bond acceptors (Lipinski definition) is 3. The molecule has 2 heterocycles. The Hall–Kier alpha value is -1.59. The van der Waals surface area contributed by atoms with E-state index in [0.29, 0.717) is 6.54 Å². The van der Waals surface area contributed by atoms with E-state index in [1.165, 1.54) is 0 Å². The maximum absolute atomic E-state index is 12.8. The molecule has 2 aliphatic heterocycles. The number of carbonyl (C=O) groups excluding carboxylic acids is 2. The van der Waals surface area contributed by atoms with Crippen molar-refractivity contribution in [3.8, 4) is 0 Å². The van der Waals surface area contributed by atoms with Gasteiger partial charge in [-0.1, -0.05) is 17.2 Å². The molecule has 5 nitrogen and oxygen atoms in total. The third-order valence-electron chi connectivity index (χ3n) is 4.95. The zero-order valence-corrected chi connectivity index (χ0v) is 15.8. The molecule has 2 amide bonds. The first-order valence-corrected chi connectivity index (χ1v) is 8.91. The summed E-state index contributed by atoms with van der Waals surface area (Å²) in [5.74, 6) is 0.0534. The van der Waals surface area contributed by atoms with Gasteiger partial charge in [-0.25, -0.2) is 0 Å². The number of piperidine rings is 1. The molecule has 0 saturated carbocycles. The van der Waals surface area contributed by atoms with Crippen LogP contribution in [0.25, 0.3) is 0 Å². The minimum atomic E-state index is -0.0887. The van der Waals surface area contributed by atoms with E-state index in [1.54, 1.807) is 0 Å². The molecule has 0 spiro atoms. The van der Waals surface area contributed by atoms with Gasteiger partial charge >= 0.3 is 0 Å². The highest BCUT2D eigenvalue weighted by Gasteiger charge is 2.30. The van der Waals surface area contributed by atoms with Gasteiger partial charge in [-0.15, -0.1) is 12.4 Å². The summed E-state index contributed by atoms with van der Waals surface area (Å²) < 4.78 is 0. The predicted molar refractivity (Wildman–Crippen MR) is 101 cm³/mol. The van der Waals surface area contributed by atoms with Crippen molar-refractivity contribution in [3.63, 3.8) is 0 Å². The Kier molecular flexibility index (Phi) is 6.85. The maximum atomic E-state index is 12.8. The largest absolute Gasteiger partial charge is 0.352 e. The first-order chi connectivity index (χ1) is 11.5. The Morgan fingerprint density at radius 1 is 1.16 bits per heavy atom. The molecule has 1 aromatic carbocycles. The molecule has 0 bridgehead atoms. The van der Waals surface area contributed by atoms with Crippen molar-refractivity contribution in [2.24, 2.45) is 5.92 Å². The highest BCUT2D eigenvalue weighted by atomic mass is 35.5. The van der Waals surface area contributed by atoms with Crippen LogP contribution in [0.3, 0.4) is 0 Å². The van der Waals surface area contributed by atoms with E-state index in [-0.39, 0.29) is 36.2 Å². The van der Waals surface area contributed by atoms with Crippen molar-refractivity contribution in [2.45, 2.75) is 39.2 Å². The molecule has 0 radical (unpaired) electrons. The van der Waals surface area contributed by atoms with Crippen molar-refractivity contribution in [2.75, 3.05) is 26.2 Å². The Morgan fingerprint density at radius 3 is 2.52 bits per heavy atom. The van der Waals surface area contributed by atoms with Crippen LogP contribution < -0.4 is 10.6 Å². The van der Waals surface area contributed by atoms with Gasteiger partial charge in [0.1, 0.15) is 0 Å². The van der Waals surface area contributed by atoms with Crippen LogP contribution in [0.15, 0.2) is 18.2 Å². The topological polar surface area (TPSA) is 61.4 Å². The van der Waals surface area contributed by atoms with Crippen LogP contribution in [0, 0.1) is 19.8 Å². The third-order valence-corrected chi connectivity index (χ3v) is 4.95. The number of benzene rings is 1. The van der Waals surface area contributed by atoms with Crippen LogP contribution >= 0.6 is 12.4 Å². The molecule has 138 valence electrons. The second-order valence-electron chi connectivity index (χ2n) is 7.17. The number of likely N-dealkylation sites (tertiary alicyclic amines) is 1. The molecule has 2 aliphatic rings. The molecule has 3 rings (SSSR count). The smallest absolute Gasteiger partial charge is 0.253 e. The van der Waals surface area contributed by atoms with Gasteiger partial charge in [0.25, 0.3) is 5.91 Å². The van der Waals surface area contributed by atoms with Gasteiger partial charge in [-0.05, 0) is 51.8 Å². The lowest BCUT2D eigenvalue weighted by Crippen LogP contribution is -2.48. The van der Waals surface area contributed by atoms with Gasteiger partial charge in [0.05, 0.1) is 5.92 Å². The fourth-order valence-electron chi connectivity index (χ4n) is 3.75. The van der Waals surface area contributed by atoms with E-state index >= 15 is 0 Å². The van der Waals surface area contributed by atoms with Gasteiger partial charge in [-0.2, -0.15) is 0 Å². The summed E-state index contributed by atoms with van der Waals surface area (Å²) in [4.78, 5) is 27.1. The number of halogens is 1. The minimum Gasteiger partial charge on any atom is -0.352 e. The summed E-state index contributed by atoms with van der Waals surface area (Å²) in [7, 11) is 0. The van der Waals surface area contributed by atoms with E-state index in [9.17, 15) is 9.59 Å². The van der Waals surface area contributed by atoms with Gasteiger partial charge in [-0.3, -0.25) is 9.59 Å². The predicted octanol–water partition coefficient (Wildman–Crippen LogP) is 2.06. The molecule has 25 heavy (non-hydrogen) atoms. The average molecular weight is 366 g/mol. The van der Waals surface area contributed by atoms with Crippen LogP contribution in [0.5, 0.6) is 0 Å². The van der Waals surface area contributed by atoms with Crippen molar-refractivity contribution in [1.29, 1.82) is 0 Å². The second kappa shape index (κ2) is 8.68. The van der Waals surface area contributed by atoms with Crippen LogP contribution in [-0.2, 0) is 4.79 Å². The third kappa shape index (κ3) is 4.95. The Balaban J connectivity index is 0.00000225. The summed E-state index contributed by atoms with van der Waals surface area (Å²) in [6.07, 6.45) is 2.74. The van der Waals surface area contributed by atoms with Crippen molar-refractivity contribution < 1.29 is 9.59 Å². The number of nitrogens with one attached hydrogen (secondary N) is 2. The average Bonchev–Trinajstić information content (AvgIpc) is 3.06. The first kappa shape index (κ1) is 19.7. The molecule has 2 unspecified atom stereocenters. The van der Waals surface area contributed by atoms with Gasteiger partial charge < -0.3 is 15.5 Å². The number of nitrogens with zero attached hydrogens (tertiary/aromatic N) is 1. The SMILES string of the molecule is Cc1cc(C)cc(C(=O)N2CCCC(C(=O)NC3CCNC3)C2)c1.Cl. The number of hydrogen-bond donors (Lipinski definition) is 2. The van der Waals surface area contributed by atoms with Crippen LogP contribution in [0.1, 0.15) is 40.7 Å². The van der Waals surface area contributed by atoms with E-state index in [4.69, 9.17) is 0 Å². The molecule has 2 fully saturated rings. The summed E-state index contributed by atoms with van der Waals surface area (Å²) in [6.45, 7) is 7.09. The number of aryl methyl sites for hydroxylation is 2. The number of carbonyl (C=O) groups is 2. The van der Waals surface area contributed by atoms with E-state index in [2.05, 4.69) is 16.7 Å². The number of rotatable bonds is 3. The Morgan fingerprint density at radius 2 is 1.88 bits per heavy atom. The van der Waals surface area contributed by atoms with E-state index < -0.39 is 0 Å². The summed E-state index contributed by atoms with van der Waals surface area (Å²) in [5, 5.41) is 6.39. The Bertz CT molecular complexity index is 609. The first-order valence-electron chi connectivity index (χ1n) is 8.91. The molecule has 0 aromatic heterocycles. The molecule has 2 N–H and O–H groups in total. The van der Waals surface area contributed by atoms with E-state index in [1.807, 2.05) is 30.9 Å². The minimum absolute atomic E-state index is 0. The molecule has 2 atom stereocenters. The number of amides is 2. The zero-order chi connectivity index (χ0) is 17.1. The summed E-state index contributed by atoms with van der Waals surface area (Å²) >= 11 is 0. The second-order valence-corrected chi connectivity index (χ2v) is 7.17. The van der Waals surface area contributed by atoms with Crippen molar-refractivity contribution >= 4 is 24.2 Å². The van der Waals surface area contributed by atoms with Crippen LogP contribution in [0.4, 0.5) is 0 Å². The van der Waals surface area contributed by atoms with Crippen LogP contribution in [-0.4, -0.2) is 48.9 Å². The van der Waals surface area contributed by atoms with Gasteiger partial charge in [0.15, 0.2) is 0 Å². The summed E-state index contributed by atoms with van der Waals surface area (Å²) in [6, 6.07) is 6.17. The fraction of sp³-hybridized carbons (Fsp3) is 0.579. The zero-order valence-electron chi connectivity index (χ0n) is 15.0. The molecule has 1 aromatic rings. The van der Waals surface area contributed by atoms with Gasteiger partial charge in [0, 0.05) is 31.2 Å². The van der Waals surface area contributed by atoms with Crippen LogP contribution in [0.2, 0.25) is 0 Å². The molecule has 2 saturated heterocycles. The lowest BCUT2D eigenvalue weighted by molar-refractivity contribution is -0.126. The quantitative estimate of drug-likeness (QED) is 0.861. The van der Waals surface area contributed by atoms with Gasteiger partial charge in [0.2, 0.25) is 5.91 Å². The van der Waals surface area contributed by atoms with Crippen molar-refractivity contribution in [1.82, 2.24) is 15.5 Å². The summed E-state index contributed by atoms with van der Waals surface area (Å²) in [5.41, 5.74) is 2.92. The lowest BCUT2D eigenvalue weighted by Gasteiger charge is -2.32. The molecular weight excluding hydrogens is 338 g/mol. The highest BCUT2D eigenvalue weighted by Crippen LogP contribution is 2.20. The monoisotopic (exact) mass is 365 g/mol. The standard InChI is InChI=1S/C19H27N3O2.ClH/c1-13-8-14(2)10-16(9-13)19(24)22-7-3-4-15(12-22)18(23)21-17-5-6-20-11-17;/h8-10,15,17,20H,3-7,11-12H2,1-2H3,(H,21,23);1H.